The van der Waals surface area contributed by atoms with Gasteiger partial charge in [0.05, 0.1) is 13.7 Å². The van der Waals surface area contributed by atoms with Crippen molar-refractivity contribution in [3.8, 4) is 0 Å². The summed E-state index contributed by atoms with van der Waals surface area (Å²) in [6, 6.07) is 6.64. The van der Waals surface area contributed by atoms with Crippen LogP contribution in [0.2, 0.25) is 0 Å². The van der Waals surface area contributed by atoms with Gasteiger partial charge in [0.2, 0.25) is 5.91 Å². The monoisotopic (exact) mass is 333 g/mol. The lowest BCUT2D eigenvalue weighted by Crippen LogP contribution is -2.52. The highest BCUT2D eigenvalue weighted by atomic mass is 16.5. The molecule has 130 valence electrons. The molecule has 0 saturated heterocycles. The third-order valence-corrected chi connectivity index (χ3v) is 3.84. The van der Waals surface area contributed by atoms with Gasteiger partial charge < -0.3 is 10.1 Å². The standard InChI is InChI=1S/C17H23N3O4/c1-11(2)18-17(23)19-15(21)10-20-9-13-7-5-4-6-12(13)8-14(20)16(22)24-3/h4-7,11,14H,8-10H2,1-3H3,(H2,18,19,21,23)/t14-/m0/s1. The summed E-state index contributed by atoms with van der Waals surface area (Å²) in [6.45, 7) is 4.01. The Kier molecular flexibility index (Phi) is 5.92. The largest absolute Gasteiger partial charge is 0.468 e. The third kappa shape index (κ3) is 4.55. The lowest BCUT2D eigenvalue weighted by molar-refractivity contribution is -0.148. The minimum absolute atomic E-state index is 0.0559. The number of methoxy groups -OCH3 is 1. The fourth-order valence-corrected chi connectivity index (χ4v) is 2.76. The number of hydrogen-bond donors (Lipinski definition) is 2. The summed E-state index contributed by atoms with van der Waals surface area (Å²) in [5.74, 6) is -0.842. The molecule has 1 aliphatic heterocycles. The molecule has 0 fully saturated rings. The van der Waals surface area contributed by atoms with Crippen molar-refractivity contribution in [2.75, 3.05) is 13.7 Å². The number of amides is 3. The third-order valence-electron chi connectivity index (χ3n) is 3.84. The maximum absolute atomic E-state index is 12.1. The van der Waals surface area contributed by atoms with Gasteiger partial charge in [-0.15, -0.1) is 0 Å². The Balaban J connectivity index is 2.07. The Bertz CT molecular complexity index is 630. The van der Waals surface area contributed by atoms with E-state index < -0.39 is 18.0 Å². The van der Waals surface area contributed by atoms with Crippen LogP contribution in [0.3, 0.4) is 0 Å². The number of nitrogens with zero attached hydrogens (tertiary/aromatic N) is 1. The Hall–Kier alpha value is -2.41. The van der Waals surface area contributed by atoms with E-state index in [0.717, 1.165) is 11.1 Å². The summed E-state index contributed by atoms with van der Waals surface area (Å²) < 4.78 is 4.86. The highest BCUT2D eigenvalue weighted by Gasteiger charge is 2.33. The van der Waals surface area contributed by atoms with Crippen molar-refractivity contribution in [2.24, 2.45) is 0 Å². The van der Waals surface area contributed by atoms with E-state index in [2.05, 4.69) is 10.6 Å². The molecule has 7 heteroatoms. The number of nitrogens with one attached hydrogen (secondary N) is 2. The molecule has 0 radical (unpaired) electrons. The van der Waals surface area contributed by atoms with Crippen LogP contribution >= 0.6 is 0 Å². The smallest absolute Gasteiger partial charge is 0.323 e. The lowest BCUT2D eigenvalue weighted by Gasteiger charge is -2.34. The highest BCUT2D eigenvalue weighted by Crippen LogP contribution is 2.23. The van der Waals surface area contributed by atoms with Crippen LogP contribution < -0.4 is 10.6 Å². The van der Waals surface area contributed by atoms with E-state index in [4.69, 9.17) is 4.74 Å². The van der Waals surface area contributed by atoms with E-state index >= 15 is 0 Å². The van der Waals surface area contributed by atoms with E-state index in [-0.39, 0.29) is 18.6 Å². The van der Waals surface area contributed by atoms with Gasteiger partial charge in [-0.1, -0.05) is 24.3 Å². The molecule has 0 spiro atoms. The van der Waals surface area contributed by atoms with Gasteiger partial charge in [-0.2, -0.15) is 0 Å². The van der Waals surface area contributed by atoms with E-state index in [1.165, 1.54) is 7.11 Å². The van der Waals surface area contributed by atoms with Crippen molar-refractivity contribution in [2.45, 2.75) is 38.9 Å². The van der Waals surface area contributed by atoms with Crippen molar-refractivity contribution in [1.82, 2.24) is 15.5 Å². The van der Waals surface area contributed by atoms with E-state index in [1.807, 2.05) is 24.3 Å². The zero-order valence-corrected chi connectivity index (χ0v) is 14.2. The molecule has 2 N–H and O–H groups in total. The zero-order chi connectivity index (χ0) is 17.7. The second-order valence-electron chi connectivity index (χ2n) is 6.09. The Labute approximate surface area is 141 Å². The molecule has 0 saturated carbocycles. The van der Waals surface area contributed by atoms with E-state index in [9.17, 15) is 14.4 Å². The van der Waals surface area contributed by atoms with Crippen LogP contribution in [-0.4, -0.2) is 48.5 Å². The van der Waals surface area contributed by atoms with Crippen LogP contribution in [-0.2, 0) is 27.3 Å². The number of ether oxygens (including phenoxy) is 1. The summed E-state index contributed by atoms with van der Waals surface area (Å²) in [5, 5.41) is 4.87. The number of imide groups is 1. The molecule has 0 bridgehead atoms. The van der Waals surface area contributed by atoms with Crippen LogP contribution in [0.1, 0.15) is 25.0 Å². The molecule has 0 aliphatic carbocycles. The van der Waals surface area contributed by atoms with Crippen molar-refractivity contribution < 1.29 is 19.1 Å². The zero-order valence-electron chi connectivity index (χ0n) is 14.2. The maximum atomic E-state index is 12.1. The van der Waals surface area contributed by atoms with Gasteiger partial charge in [0, 0.05) is 12.6 Å². The first kappa shape index (κ1) is 17.9. The number of esters is 1. The lowest BCUT2D eigenvalue weighted by atomic mass is 9.94. The Morgan fingerprint density at radius 1 is 1.25 bits per heavy atom. The normalized spacial score (nSPS) is 17.1. The Morgan fingerprint density at radius 3 is 2.54 bits per heavy atom. The van der Waals surface area contributed by atoms with Gasteiger partial charge in [0.1, 0.15) is 6.04 Å². The molecule has 1 aromatic rings. The number of benzene rings is 1. The summed E-state index contributed by atoms with van der Waals surface area (Å²) in [5.41, 5.74) is 2.14. The molecule has 7 nitrogen and oxygen atoms in total. The predicted molar refractivity (Wildman–Crippen MR) is 88.2 cm³/mol. The van der Waals surface area contributed by atoms with E-state index in [1.54, 1.807) is 18.7 Å². The van der Waals surface area contributed by atoms with Crippen LogP contribution in [0.5, 0.6) is 0 Å². The van der Waals surface area contributed by atoms with Crippen LogP contribution in [0.4, 0.5) is 4.79 Å². The number of rotatable bonds is 4. The summed E-state index contributed by atoms with van der Waals surface area (Å²) >= 11 is 0. The number of urea groups is 1. The molecule has 2 rings (SSSR count). The second-order valence-corrected chi connectivity index (χ2v) is 6.09. The van der Waals surface area contributed by atoms with Crippen molar-refractivity contribution in [3.63, 3.8) is 0 Å². The first-order valence-electron chi connectivity index (χ1n) is 7.89. The fourth-order valence-electron chi connectivity index (χ4n) is 2.76. The Morgan fingerprint density at radius 2 is 1.92 bits per heavy atom. The molecule has 1 heterocycles. The van der Waals surface area contributed by atoms with Crippen LogP contribution in [0.15, 0.2) is 24.3 Å². The molecule has 24 heavy (non-hydrogen) atoms. The molecule has 0 unspecified atom stereocenters. The van der Waals surface area contributed by atoms with Crippen LogP contribution in [0, 0.1) is 0 Å². The van der Waals surface area contributed by atoms with Gasteiger partial charge in [-0.25, -0.2) is 4.79 Å². The predicted octanol–water partition coefficient (Wildman–Crippen LogP) is 0.821. The van der Waals surface area contributed by atoms with Crippen molar-refractivity contribution in [1.29, 1.82) is 0 Å². The van der Waals surface area contributed by atoms with Gasteiger partial charge in [-0.05, 0) is 31.4 Å². The minimum atomic E-state index is -0.540. The summed E-state index contributed by atoms with van der Waals surface area (Å²) in [7, 11) is 1.33. The minimum Gasteiger partial charge on any atom is -0.468 e. The van der Waals surface area contributed by atoms with Gasteiger partial charge in [-0.3, -0.25) is 19.8 Å². The summed E-state index contributed by atoms with van der Waals surface area (Å²) in [6.07, 6.45) is 0.480. The van der Waals surface area contributed by atoms with Gasteiger partial charge in [0.15, 0.2) is 0 Å². The number of carbonyl (C=O) groups is 3. The molecule has 0 aromatic heterocycles. The van der Waals surface area contributed by atoms with Crippen molar-refractivity contribution in [3.05, 3.63) is 35.4 Å². The van der Waals surface area contributed by atoms with Gasteiger partial charge in [0.25, 0.3) is 0 Å². The molecule has 1 aromatic carbocycles. The SMILES string of the molecule is COC(=O)[C@@H]1Cc2ccccc2CN1CC(=O)NC(=O)NC(C)C. The van der Waals surface area contributed by atoms with Gasteiger partial charge >= 0.3 is 12.0 Å². The van der Waals surface area contributed by atoms with Crippen molar-refractivity contribution >= 4 is 17.9 Å². The first-order valence-corrected chi connectivity index (χ1v) is 7.89. The molecule has 1 atom stereocenters. The molecular formula is C17H23N3O4. The van der Waals surface area contributed by atoms with Crippen LogP contribution in [0.25, 0.3) is 0 Å². The molecule has 1 aliphatic rings. The number of carbonyl (C=O) groups excluding carboxylic acids is 3. The average molecular weight is 333 g/mol. The average Bonchev–Trinajstić information content (AvgIpc) is 2.52. The summed E-state index contributed by atoms with van der Waals surface area (Å²) in [4.78, 5) is 37.5. The molecular weight excluding hydrogens is 310 g/mol. The maximum Gasteiger partial charge on any atom is 0.323 e. The topological polar surface area (TPSA) is 87.7 Å². The molecule has 3 amide bonds. The number of fused-ring (bicyclic) bond motifs is 1. The quantitative estimate of drug-likeness (QED) is 0.797. The second kappa shape index (κ2) is 7.92. The van der Waals surface area contributed by atoms with E-state index in [0.29, 0.717) is 13.0 Å². The number of hydrogen-bond acceptors (Lipinski definition) is 5. The highest BCUT2D eigenvalue weighted by molar-refractivity contribution is 5.95. The first-order chi connectivity index (χ1) is 11.4. The fraction of sp³-hybridized carbons (Fsp3) is 0.471.